The molecule has 1 atom stereocenters. The number of hydrogen-bond acceptors (Lipinski definition) is 3. The number of rotatable bonds is 4. The average Bonchev–Trinajstić information content (AvgIpc) is 2.84. The lowest BCUT2D eigenvalue weighted by Gasteiger charge is -2.20. The van der Waals surface area contributed by atoms with Gasteiger partial charge in [-0.15, -0.1) is 0 Å². The molecule has 0 aliphatic heterocycles. The lowest BCUT2D eigenvalue weighted by Crippen LogP contribution is -2.30. The molecule has 0 aliphatic carbocycles. The van der Waals surface area contributed by atoms with E-state index in [4.69, 9.17) is 0 Å². The summed E-state index contributed by atoms with van der Waals surface area (Å²) >= 11 is 0. The van der Waals surface area contributed by atoms with Gasteiger partial charge in [-0.1, -0.05) is 20.3 Å². The third-order valence-electron chi connectivity index (χ3n) is 3.19. The first-order valence-corrected chi connectivity index (χ1v) is 6.17. The average molecular weight is 246 g/mol. The van der Waals surface area contributed by atoms with Crippen LogP contribution in [0.2, 0.25) is 0 Å². The van der Waals surface area contributed by atoms with Gasteiger partial charge in [0.1, 0.15) is 11.0 Å². The normalized spacial score (nSPS) is 12.6. The van der Waals surface area contributed by atoms with Crippen LogP contribution >= 0.6 is 0 Å². The van der Waals surface area contributed by atoms with Gasteiger partial charge in [-0.3, -0.25) is 4.79 Å². The third kappa shape index (κ3) is 2.50. The van der Waals surface area contributed by atoms with Crippen molar-refractivity contribution in [2.45, 2.75) is 20.3 Å². The number of fused-ring (bicyclic) bond motifs is 1. The van der Waals surface area contributed by atoms with E-state index in [0.29, 0.717) is 11.5 Å². The van der Waals surface area contributed by atoms with Gasteiger partial charge in [0, 0.05) is 19.2 Å². The standard InChI is InChI=1S/C13H18N4O/c1-4-9(2)8-17(3)13(18)10-5-6-11-12(7-10)15-16-14-11/h5-7,9H,4,8H2,1-3H3,(H,14,15,16)/t9-/m0/s1. The molecule has 5 nitrogen and oxygen atoms in total. The van der Waals surface area contributed by atoms with Crippen LogP contribution in [-0.4, -0.2) is 39.8 Å². The molecular weight excluding hydrogens is 228 g/mol. The van der Waals surface area contributed by atoms with Crippen molar-refractivity contribution in [3.8, 4) is 0 Å². The first-order chi connectivity index (χ1) is 8.61. The monoisotopic (exact) mass is 246 g/mol. The van der Waals surface area contributed by atoms with Crippen molar-refractivity contribution in [1.29, 1.82) is 0 Å². The topological polar surface area (TPSA) is 61.9 Å². The van der Waals surface area contributed by atoms with Crippen LogP contribution in [0, 0.1) is 5.92 Å². The summed E-state index contributed by atoms with van der Waals surface area (Å²) in [6.07, 6.45) is 1.07. The maximum absolute atomic E-state index is 12.2. The smallest absolute Gasteiger partial charge is 0.253 e. The Bertz CT molecular complexity index is 549. The van der Waals surface area contributed by atoms with Gasteiger partial charge in [0.2, 0.25) is 0 Å². The quantitative estimate of drug-likeness (QED) is 0.898. The SMILES string of the molecule is CC[C@H](C)CN(C)C(=O)c1ccc2n[nH]nc2c1. The van der Waals surface area contributed by atoms with Crippen molar-refractivity contribution in [1.82, 2.24) is 20.3 Å². The molecule has 0 aliphatic rings. The maximum atomic E-state index is 12.2. The lowest BCUT2D eigenvalue weighted by molar-refractivity contribution is 0.0775. The number of carbonyl (C=O) groups is 1. The highest BCUT2D eigenvalue weighted by Gasteiger charge is 2.14. The molecule has 0 fully saturated rings. The second-order valence-corrected chi connectivity index (χ2v) is 4.73. The van der Waals surface area contributed by atoms with Crippen molar-refractivity contribution in [3.05, 3.63) is 23.8 Å². The van der Waals surface area contributed by atoms with Crippen LogP contribution in [0.3, 0.4) is 0 Å². The van der Waals surface area contributed by atoms with Gasteiger partial charge >= 0.3 is 0 Å². The van der Waals surface area contributed by atoms with E-state index in [2.05, 4.69) is 29.3 Å². The van der Waals surface area contributed by atoms with Crippen molar-refractivity contribution in [2.24, 2.45) is 5.92 Å². The minimum Gasteiger partial charge on any atom is -0.341 e. The largest absolute Gasteiger partial charge is 0.341 e. The van der Waals surface area contributed by atoms with Crippen LogP contribution in [0.1, 0.15) is 30.6 Å². The number of carbonyl (C=O) groups excluding carboxylic acids is 1. The Morgan fingerprint density at radius 3 is 2.83 bits per heavy atom. The molecule has 2 aromatic rings. The zero-order valence-electron chi connectivity index (χ0n) is 11.0. The van der Waals surface area contributed by atoms with E-state index < -0.39 is 0 Å². The molecule has 0 saturated heterocycles. The minimum absolute atomic E-state index is 0.0280. The predicted octanol–water partition coefficient (Wildman–Crippen LogP) is 2.08. The van der Waals surface area contributed by atoms with Gasteiger partial charge in [0.05, 0.1) is 0 Å². The summed E-state index contributed by atoms with van der Waals surface area (Å²) < 4.78 is 0. The molecule has 0 unspecified atom stereocenters. The highest BCUT2D eigenvalue weighted by molar-refractivity contribution is 5.97. The Balaban J connectivity index is 2.16. The first-order valence-electron chi connectivity index (χ1n) is 6.17. The van der Waals surface area contributed by atoms with E-state index in [1.165, 1.54) is 0 Å². The highest BCUT2D eigenvalue weighted by atomic mass is 16.2. The van der Waals surface area contributed by atoms with Crippen LogP contribution in [0.5, 0.6) is 0 Å². The third-order valence-corrected chi connectivity index (χ3v) is 3.19. The predicted molar refractivity (Wildman–Crippen MR) is 70.3 cm³/mol. The Hall–Kier alpha value is -1.91. The fraction of sp³-hybridized carbons (Fsp3) is 0.462. The Morgan fingerprint density at radius 2 is 2.11 bits per heavy atom. The maximum Gasteiger partial charge on any atom is 0.253 e. The summed E-state index contributed by atoms with van der Waals surface area (Å²) in [6, 6.07) is 5.37. The molecule has 96 valence electrons. The molecule has 0 spiro atoms. The molecule has 2 rings (SSSR count). The van der Waals surface area contributed by atoms with Crippen LogP contribution in [0.15, 0.2) is 18.2 Å². The zero-order chi connectivity index (χ0) is 13.1. The summed E-state index contributed by atoms with van der Waals surface area (Å²) in [4.78, 5) is 14.0. The molecule has 1 heterocycles. The van der Waals surface area contributed by atoms with Gasteiger partial charge in [0.25, 0.3) is 5.91 Å². The molecular formula is C13H18N4O. The number of nitrogens with zero attached hydrogens (tertiary/aromatic N) is 3. The van der Waals surface area contributed by atoms with E-state index in [1.54, 1.807) is 17.0 Å². The number of hydrogen-bond donors (Lipinski definition) is 1. The van der Waals surface area contributed by atoms with Gasteiger partial charge in [0.15, 0.2) is 0 Å². The first kappa shape index (κ1) is 12.5. The number of aromatic amines is 1. The molecule has 1 N–H and O–H groups in total. The van der Waals surface area contributed by atoms with Crippen molar-refractivity contribution >= 4 is 16.9 Å². The molecule has 5 heteroatoms. The Kier molecular flexibility index (Phi) is 3.60. The summed E-state index contributed by atoms with van der Waals surface area (Å²) in [5, 5.41) is 10.5. The number of H-pyrrole nitrogens is 1. The zero-order valence-corrected chi connectivity index (χ0v) is 11.0. The fourth-order valence-corrected chi connectivity index (χ4v) is 1.87. The van der Waals surface area contributed by atoms with Gasteiger partial charge in [-0.05, 0) is 24.1 Å². The Morgan fingerprint density at radius 1 is 1.39 bits per heavy atom. The van der Waals surface area contributed by atoms with E-state index in [-0.39, 0.29) is 5.91 Å². The van der Waals surface area contributed by atoms with E-state index >= 15 is 0 Å². The molecule has 0 saturated carbocycles. The molecule has 1 aromatic carbocycles. The summed E-state index contributed by atoms with van der Waals surface area (Å²) in [5.41, 5.74) is 2.15. The molecule has 1 amide bonds. The van der Waals surface area contributed by atoms with Gasteiger partial charge < -0.3 is 4.90 Å². The van der Waals surface area contributed by atoms with Crippen LogP contribution < -0.4 is 0 Å². The second kappa shape index (κ2) is 5.16. The van der Waals surface area contributed by atoms with Crippen molar-refractivity contribution in [2.75, 3.05) is 13.6 Å². The van der Waals surface area contributed by atoms with Gasteiger partial charge in [-0.25, -0.2) is 0 Å². The lowest BCUT2D eigenvalue weighted by atomic mass is 10.1. The fourth-order valence-electron chi connectivity index (χ4n) is 1.87. The molecule has 1 aromatic heterocycles. The number of aromatic nitrogens is 3. The minimum atomic E-state index is 0.0280. The Labute approximate surface area is 106 Å². The highest BCUT2D eigenvalue weighted by Crippen LogP contribution is 2.13. The molecule has 0 radical (unpaired) electrons. The molecule has 18 heavy (non-hydrogen) atoms. The summed E-state index contributed by atoms with van der Waals surface area (Å²) in [7, 11) is 1.83. The number of amides is 1. The van der Waals surface area contributed by atoms with Crippen LogP contribution in [0.25, 0.3) is 11.0 Å². The second-order valence-electron chi connectivity index (χ2n) is 4.73. The van der Waals surface area contributed by atoms with Crippen LogP contribution in [-0.2, 0) is 0 Å². The molecule has 0 bridgehead atoms. The summed E-state index contributed by atoms with van der Waals surface area (Å²) in [5.74, 6) is 0.537. The van der Waals surface area contributed by atoms with Gasteiger partial charge in [-0.2, -0.15) is 15.4 Å². The van der Waals surface area contributed by atoms with E-state index in [9.17, 15) is 4.79 Å². The van der Waals surface area contributed by atoms with Crippen molar-refractivity contribution in [3.63, 3.8) is 0 Å². The van der Waals surface area contributed by atoms with E-state index in [0.717, 1.165) is 24.0 Å². The number of benzene rings is 1. The van der Waals surface area contributed by atoms with Crippen LogP contribution in [0.4, 0.5) is 0 Å². The number of nitrogens with one attached hydrogen (secondary N) is 1. The van der Waals surface area contributed by atoms with E-state index in [1.807, 2.05) is 13.1 Å². The van der Waals surface area contributed by atoms with Crippen molar-refractivity contribution < 1.29 is 4.79 Å². The summed E-state index contributed by atoms with van der Waals surface area (Å²) in [6.45, 7) is 5.04.